The van der Waals surface area contributed by atoms with Gasteiger partial charge in [0.1, 0.15) is 0 Å². The lowest BCUT2D eigenvalue weighted by Gasteiger charge is -2.42. The summed E-state index contributed by atoms with van der Waals surface area (Å²) in [4.78, 5) is 14.8. The van der Waals surface area contributed by atoms with Gasteiger partial charge in [-0.2, -0.15) is 0 Å². The number of rotatable bonds is 3. The van der Waals surface area contributed by atoms with Crippen molar-refractivity contribution in [1.29, 1.82) is 0 Å². The second-order valence-corrected chi connectivity index (χ2v) is 7.75. The number of nitrogens with zero attached hydrogens (tertiary/aromatic N) is 1. The SMILES string of the molecule is Cl.Cl.NC[C@]1(c2cccc(Cl)c2)CC[C@H](N2Cc3ccccc3C2=O)CC1. The molecule has 1 saturated carbocycles. The third kappa shape index (κ3) is 3.97. The summed E-state index contributed by atoms with van der Waals surface area (Å²) < 4.78 is 0. The first-order chi connectivity index (χ1) is 12.1. The minimum absolute atomic E-state index is 0. The van der Waals surface area contributed by atoms with E-state index in [9.17, 15) is 4.79 Å². The first kappa shape index (κ1) is 22.0. The van der Waals surface area contributed by atoms with Crippen LogP contribution in [0.15, 0.2) is 48.5 Å². The molecule has 2 aromatic rings. The number of hydrogen-bond acceptors (Lipinski definition) is 2. The van der Waals surface area contributed by atoms with Crippen molar-refractivity contribution in [3.8, 4) is 0 Å². The van der Waals surface area contributed by atoms with E-state index in [0.29, 0.717) is 12.6 Å². The van der Waals surface area contributed by atoms with Gasteiger partial charge in [-0.05, 0) is 55.0 Å². The minimum Gasteiger partial charge on any atom is -0.331 e. The van der Waals surface area contributed by atoms with E-state index in [1.165, 1.54) is 5.56 Å². The topological polar surface area (TPSA) is 46.3 Å². The monoisotopic (exact) mass is 426 g/mol. The number of nitrogens with two attached hydrogens (primary N) is 1. The van der Waals surface area contributed by atoms with Crippen molar-refractivity contribution in [3.63, 3.8) is 0 Å². The molecule has 27 heavy (non-hydrogen) atoms. The molecule has 1 amide bonds. The van der Waals surface area contributed by atoms with E-state index in [-0.39, 0.29) is 36.1 Å². The fraction of sp³-hybridized carbons (Fsp3) is 0.381. The Morgan fingerprint density at radius 1 is 1.07 bits per heavy atom. The van der Waals surface area contributed by atoms with Crippen LogP contribution in [0.25, 0.3) is 0 Å². The molecule has 6 heteroatoms. The van der Waals surface area contributed by atoms with Gasteiger partial charge in [-0.15, -0.1) is 24.8 Å². The highest BCUT2D eigenvalue weighted by molar-refractivity contribution is 6.30. The van der Waals surface area contributed by atoms with Crippen molar-refractivity contribution in [2.45, 2.75) is 43.7 Å². The van der Waals surface area contributed by atoms with E-state index in [4.69, 9.17) is 17.3 Å². The number of halogens is 3. The summed E-state index contributed by atoms with van der Waals surface area (Å²) in [6.07, 6.45) is 3.97. The second-order valence-electron chi connectivity index (χ2n) is 7.32. The maximum absolute atomic E-state index is 12.7. The van der Waals surface area contributed by atoms with E-state index in [1.807, 2.05) is 36.4 Å². The van der Waals surface area contributed by atoms with Gasteiger partial charge in [0, 0.05) is 35.1 Å². The van der Waals surface area contributed by atoms with Crippen LogP contribution < -0.4 is 5.73 Å². The van der Waals surface area contributed by atoms with Crippen LogP contribution in [-0.2, 0) is 12.0 Å². The highest BCUT2D eigenvalue weighted by Gasteiger charge is 2.40. The molecule has 0 aromatic heterocycles. The van der Waals surface area contributed by atoms with Gasteiger partial charge in [0.15, 0.2) is 0 Å². The number of carbonyl (C=O) groups excluding carboxylic acids is 1. The molecule has 0 radical (unpaired) electrons. The quantitative estimate of drug-likeness (QED) is 0.751. The average molecular weight is 428 g/mol. The van der Waals surface area contributed by atoms with Crippen LogP contribution in [0.4, 0.5) is 0 Å². The summed E-state index contributed by atoms with van der Waals surface area (Å²) in [6, 6.07) is 16.3. The van der Waals surface area contributed by atoms with Gasteiger partial charge in [-0.25, -0.2) is 0 Å². The summed E-state index contributed by atoms with van der Waals surface area (Å²) in [6.45, 7) is 1.36. The van der Waals surface area contributed by atoms with Crippen molar-refractivity contribution >= 4 is 42.3 Å². The maximum Gasteiger partial charge on any atom is 0.254 e. The number of amides is 1. The summed E-state index contributed by atoms with van der Waals surface area (Å²) in [5, 5.41) is 0.762. The minimum atomic E-state index is -0.0168. The van der Waals surface area contributed by atoms with Gasteiger partial charge < -0.3 is 10.6 Å². The first-order valence-electron chi connectivity index (χ1n) is 8.98. The first-order valence-corrected chi connectivity index (χ1v) is 9.36. The lowest BCUT2D eigenvalue weighted by Crippen LogP contribution is -2.45. The van der Waals surface area contributed by atoms with Crippen LogP contribution in [0.2, 0.25) is 5.02 Å². The molecule has 0 spiro atoms. The normalized spacial score (nSPS) is 24.0. The number of fused-ring (bicyclic) bond motifs is 1. The lowest BCUT2D eigenvalue weighted by atomic mass is 9.68. The molecule has 0 bridgehead atoms. The van der Waals surface area contributed by atoms with Gasteiger partial charge in [0.05, 0.1) is 0 Å². The smallest absolute Gasteiger partial charge is 0.254 e. The van der Waals surface area contributed by atoms with E-state index < -0.39 is 0 Å². The molecule has 2 aromatic carbocycles. The second kappa shape index (κ2) is 8.83. The van der Waals surface area contributed by atoms with Crippen molar-refractivity contribution < 1.29 is 4.79 Å². The third-order valence-electron chi connectivity index (χ3n) is 6.03. The molecule has 1 aliphatic heterocycles. The van der Waals surface area contributed by atoms with E-state index >= 15 is 0 Å². The molecule has 1 aliphatic carbocycles. The Balaban J connectivity index is 0.00000131. The Bertz CT molecular complexity index is 804. The zero-order valence-electron chi connectivity index (χ0n) is 15.1. The van der Waals surface area contributed by atoms with Crippen LogP contribution in [-0.4, -0.2) is 23.4 Å². The highest BCUT2D eigenvalue weighted by Crippen LogP contribution is 2.42. The van der Waals surface area contributed by atoms with Crippen molar-refractivity contribution in [3.05, 3.63) is 70.2 Å². The Morgan fingerprint density at radius 2 is 1.78 bits per heavy atom. The molecule has 4 rings (SSSR count). The van der Waals surface area contributed by atoms with Crippen LogP contribution >= 0.6 is 36.4 Å². The van der Waals surface area contributed by atoms with E-state index in [2.05, 4.69) is 17.0 Å². The van der Waals surface area contributed by atoms with Crippen molar-refractivity contribution in [2.24, 2.45) is 5.73 Å². The average Bonchev–Trinajstić information content (AvgIpc) is 2.99. The number of carbonyl (C=O) groups is 1. The standard InChI is InChI=1S/C21H23ClN2O.2ClH/c22-17-6-3-5-16(12-17)21(14-23)10-8-18(9-11-21)24-13-15-4-1-2-7-19(15)20(24)25;;/h1-7,12,18H,8-11,13-14,23H2;2*1H/t18-,21-;;. The van der Waals surface area contributed by atoms with Crippen LogP contribution in [0, 0.1) is 0 Å². The van der Waals surface area contributed by atoms with Gasteiger partial charge >= 0.3 is 0 Å². The maximum atomic E-state index is 12.7. The zero-order chi connectivity index (χ0) is 17.4. The summed E-state index contributed by atoms with van der Waals surface area (Å²) in [5.74, 6) is 0.184. The van der Waals surface area contributed by atoms with Crippen LogP contribution in [0.5, 0.6) is 0 Å². The van der Waals surface area contributed by atoms with Crippen LogP contribution in [0.1, 0.15) is 47.2 Å². The Morgan fingerprint density at radius 3 is 2.41 bits per heavy atom. The Hall–Kier alpha value is -1.26. The van der Waals surface area contributed by atoms with Gasteiger partial charge in [-0.1, -0.05) is 41.9 Å². The predicted molar refractivity (Wildman–Crippen MR) is 115 cm³/mol. The molecule has 0 saturated heterocycles. The number of hydrogen-bond donors (Lipinski definition) is 1. The molecule has 3 nitrogen and oxygen atoms in total. The van der Waals surface area contributed by atoms with E-state index in [0.717, 1.165) is 48.4 Å². The molecular weight excluding hydrogens is 403 g/mol. The summed E-state index contributed by atoms with van der Waals surface area (Å²) in [7, 11) is 0. The summed E-state index contributed by atoms with van der Waals surface area (Å²) >= 11 is 6.19. The molecule has 1 fully saturated rings. The Labute approximate surface area is 178 Å². The molecule has 1 heterocycles. The molecule has 0 unspecified atom stereocenters. The fourth-order valence-electron chi connectivity index (χ4n) is 4.47. The third-order valence-corrected chi connectivity index (χ3v) is 6.27. The molecule has 2 N–H and O–H groups in total. The summed E-state index contributed by atoms with van der Waals surface area (Å²) in [5.41, 5.74) is 9.43. The van der Waals surface area contributed by atoms with E-state index in [1.54, 1.807) is 0 Å². The molecular formula is C21H25Cl3N2O. The molecule has 146 valence electrons. The molecule has 2 aliphatic rings. The van der Waals surface area contributed by atoms with Crippen LogP contribution in [0.3, 0.4) is 0 Å². The molecule has 0 atom stereocenters. The number of benzene rings is 2. The lowest BCUT2D eigenvalue weighted by molar-refractivity contribution is 0.0620. The highest BCUT2D eigenvalue weighted by atomic mass is 35.5. The predicted octanol–water partition coefficient (Wildman–Crippen LogP) is 4.98. The van der Waals surface area contributed by atoms with Gasteiger partial charge in [0.25, 0.3) is 5.91 Å². The van der Waals surface area contributed by atoms with Crippen molar-refractivity contribution in [2.75, 3.05) is 6.54 Å². The Kier molecular flexibility index (Phi) is 7.20. The van der Waals surface area contributed by atoms with Gasteiger partial charge in [0.2, 0.25) is 0 Å². The zero-order valence-corrected chi connectivity index (χ0v) is 17.5. The largest absolute Gasteiger partial charge is 0.331 e. The van der Waals surface area contributed by atoms with Gasteiger partial charge in [-0.3, -0.25) is 4.79 Å². The fourth-order valence-corrected chi connectivity index (χ4v) is 4.66. The van der Waals surface area contributed by atoms with Crippen molar-refractivity contribution in [1.82, 2.24) is 4.90 Å².